The molecule has 11 heavy (non-hydrogen) atoms. The van der Waals surface area contributed by atoms with E-state index in [1.807, 2.05) is 26.0 Å². The fourth-order valence-electron chi connectivity index (χ4n) is 0.659. The zero-order valence-electron chi connectivity index (χ0n) is 7.07. The van der Waals surface area contributed by atoms with Crippen molar-refractivity contribution >= 4 is 0 Å². The quantitative estimate of drug-likeness (QED) is 0.601. The number of allylic oxidation sites excluding steroid dienone is 3. The third kappa shape index (κ3) is 4.76. The first-order chi connectivity index (χ1) is 5.22. The molecule has 0 saturated carbocycles. The van der Waals surface area contributed by atoms with Gasteiger partial charge in [0, 0.05) is 0 Å². The molecule has 0 rings (SSSR count). The van der Waals surface area contributed by atoms with Crippen molar-refractivity contribution in [2.75, 3.05) is 0 Å². The second kappa shape index (κ2) is 6.13. The van der Waals surface area contributed by atoms with Crippen LogP contribution in [0.2, 0.25) is 0 Å². The standard InChI is InChI=1S/C9H16O2/c1-3-5-6-7-9(11)8(10)4-2/h3,5-11H,4H2,1-2H3. The summed E-state index contributed by atoms with van der Waals surface area (Å²) in [5, 5.41) is 18.3. The average Bonchev–Trinajstić information content (AvgIpc) is 2.03. The third-order valence-corrected chi connectivity index (χ3v) is 1.42. The summed E-state index contributed by atoms with van der Waals surface area (Å²) in [5.41, 5.74) is 0. The van der Waals surface area contributed by atoms with Crippen molar-refractivity contribution in [2.24, 2.45) is 0 Å². The zero-order chi connectivity index (χ0) is 8.69. The highest BCUT2D eigenvalue weighted by Gasteiger charge is 2.08. The van der Waals surface area contributed by atoms with Crippen molar-refractivity contribution < 1.29 is 10.2 Å². The van der Waals surface area contributed by atoms with Crippen LogP contribution >= 0.6 is 0 Å². The lowest BCUT2D eigenvalue weighted by Gasteiger charge is -2.10. The average molecular weight is 156 g/mol. The molecule has 2 nitrogen and oxygen atoms in total. The fraction of sp³-hybridized carbons (Fsp3) is 0.556. The van der Waals surface area contributed by atoms with Gasteiger partial charge in [-0.2, -0.15) is 0 Å². The highest BCUT2D eigenvalue weighted by molar-refractivity contribution is 5.04. The van der Waals surface area contributed by atoms with Crippen molar-refractivity contribution in [3.05, 3.63) is 24.3 Å². The molecular formula is C9H16O2. The first-order valence-corrected chi connectivity index (χ1v) is 3.88. The lowest BCUT2D eigenvalue weighted by molar-refractivity contribution is 0.0466. The predicted molar refractivity (Wildman–Crippen MR) is 46.3 cm³/mol. The Kier molecular flexibility index (Phi) is 5.80. The van der Waals surface area contributed by atoms with E-state index in [2.05, 4.69) is 0 Å². The van der Waals surface area contributed by atoms with Gasteiger partial charge in [0.15, 0.2) is 0 Å². The fourth-order valence-corrected chi connectivity index (χ4v) is 0.659. The molecule has 0 bridgehead atoms. The molecule has 0 aliphatic rings. The van der Waals surface area contributed by atoms with Gasteiger partial charge in [-0.3, -0.25) is 0 Å². The maximum Gasteiger partial charge on any atom is 0.0982 e. The van der Waals surface area contributed by atoms with Gasteiger partial charge in [0.25, 0.3) is 0 Å². The van der Waals surface area contributed by atoms with Crippen LogP contribution in [0.15, 0.2) is 24.3 Å². The summed E-state index contributed by atoms with van der Waals surface area (Å²) in [5.74, 6) is 0. The number of rotatable bonds is 4. The van der Waals surface area contributed by atoms with E-state index in [1.165, 1.54) is 0 Å². The van der Waals surface area contributed by atoms with E-state index in [4.69, 9.17) is 5.11 Å². The van der Waals surface area contributed by atoms with E-state index >= 15 is 0 Å². The Morgan fingerprint density at radius 1 is 1.27 bits per heavy atom. The molecule has 0 aromatic carbocycles. The molecule has 0 amide bonds. The van der Waals surface area contributed by atoms with Crippen molar-refractivity contribution in [2.45, 2.75) is 32.5 Å². The Hall–Kier alpha value is -0.600. The minimum atomic E-state index is -0.740. The van der Waals surface area contributed by atoms with Crippen LogP contribution in [0, 0.1) is 0 Å². The molecule has 2 heteroatoms. The Bertz CT molecular complexity index is 138. The molecule has 2 atom stereocenters. The maximum atomic E-state index is 9.17. The second-order valence-electron chi connectivity index (χ2n) is 2.38. The van der Waals surface area contributed by atoms with Crippen LogP contribution < -0.4 is 0 Å². The molecule has 2 N–H and O–H groups in total. The molecule has 0 radical (unpaired) electrons. The Morgan fingerprint density at radius 2 is 1.91 bits per heavy atom. The molecule has 0 saturated heterocycles. The molecule has 0 aromatic rings. The SMILES string of the molecule is CC=CC=CC(O)C(O)CC. The molecular weight excluding hydrogens is 140 g/mol. The van der Waals surface area contributed by atoms with Crippen LogP contribution in [0.1, 0.15) is 20.3 Å². The van der Waals surface area contributed by atoms with Gasteiger partial charge in [-0.15, -0.1) is 0 Å². The van der Waals surface area contributed by atoms with Crippen LogP contribution in [0.5, 0.6) is 0 Å². The minimum Gasteiger partial charge on any atom is -0.390 e. The van der Waals surface area contributed by atoms with Crippen LogP contribution in [-0.2, 0) is 0 Å². The highest BCUT2D eigenvalue weighted by Crippen LogP contribution is 1.99. The van der Waals surface area contributed by atoms with Gasteiger partial charge in [0.1, 0.15) is 0 Å². The topological polar surface area (TPSA) is 40.5 Å². The van der Waals surface area contributed by atoms with E-state index in [0.29, 0.717) is 6.42 Å². The summed E-state index contributed by atoms with van der Waals surface area (Å²) in [4.78, 5) is 0. The van der Waals surface area contributed by atoms with Crippen LogP contribution in [0.3, 0.4) is 0 Å². The molecule has 0 aliphatic carbocycles. The zero-order valence-corrected chi connectivity index (χ0v) is 7.07. The van der Waals surface area contributed by atoms with E-state index in [9.17, 15) is 5.11 Å². The monoisotopic (exact) mass is 156 g/mol. The summed E-state index contributed by atoms with van der Waals surface area (Å²) in [6.07, 6.45) is 6.17. The van der Waals surface area contributed by atoms with Crippen molar-refractivity contribution in [3.63, 3.8) is 0 Å². The number of aliphatic hydroxyl groups excluding tert-OH is 2. The van der Waals surface area contributed by atoms with Gasteiger partial charge in [0.05, 0.1) is 12.2 Å². The molecule has 0 fully saturated rings. The van der Waals surface area contributed by atoms with Crippen LogP contribution in [-0.4, -0.2) is 22.4 Å². The van der Waals surface area contributed by atoms with E-state index in [1.54, 1.807) is 12.2 Å². The smallest absolute Gasteiger partial charge is 0.0982 e. The van der Waals surface area contributed by atoms with Crippen LogP contribution in [0.25, 0.3) is 0 Å². The number of hydrogen-bond acceptors (Lipinski definition) is 2. The van der Waals surface area contributed by atoms with Gasteiger partial charge >= 0.3 is 0 Å². The Labute approximate surface area is 67.9 Å². The molecule has 64 valence electrons. The number of hydrogen-bond donors (Lipinski definition) is 2. The second-order valence-corrected chi connectivity index (χ2v) is 2.38. The van der Waals surface area contributed by atoms with Crippen molar-refractivity contribution in [1.29, 1.82) is 0 Å². The van der Waals surface area contributed by atoms with Crippen molar-refractivity contribution in [3.8, 4) is 0 Å². The minimum absolute atomic E-state index is 0.571. The van der Waals surface area contributed by atoms with Crippen LogP contribution in [0.4, 0.5) is 0 Å². The van der Waals surface area contributed by atoms with Gasteiger partial charge in [0.2, 0.25) is 0 Å². The lowest BCUT2D eigenvalue weighted by Crippen LogP contribution is -2.22. The van der Waals surface area contributed by atoms with Gasteiger partial charge in [-0.1, -0.05) is 31.2 Å². The molecule has 0 aromatic heterocycles. The van der Waals surface area contributed by atoms with Gasteiger partial charge in [-0.05, 0) is 13.3 Å². The van der Waals surface area contributed by atoms with E-state index in [-0.39, 0.29) is 0 Å². The molecule has 0 spiro atoms. The van der Waals surface area contributed by atoms with E-state index in [0.717, 1.165) is 0 Å². The van der Waals surface area contributed by atoms with E-state index < -0.39 is 12.2 Å². The summed E-state index contributed by atoms with van der Waals surface area (Å²) in [6.45, 7) is 3.73. The third-order valence-electron chi connectivity index (χ3n) is 1.42. The van der Waals surface area contributed by atoms with Gasteiger partial charge < -0.3 is 10.2 Å². The Morgan fingerprint density at radius 3 is 2.36 bits per heavy atom. The normalized spacial score (nSPS) is 17.8. The Balaban J connectivity index is 3.75. The highest BCUT2D eigenvalue weighted by atomic mass is 16.3. The van der Waals surface area contributed by atoms with Gasteiger partial charge in [-0.25, -0.2) is 0 Å². The largest absolute Gasteiger partial charge is 0.390 e. The number of aliphatic hydroxyl groups is 2. The predicted octanol–water partition coefficient (Wildman–Crippen LogP) is 1.25. The van der Waals surface area contributed by atoms with Crippen molar-refractivity contribution in [1.82, 2.24) is 0 Å². The lowest BCUT2D eigenvalue weighted by atomic mass is 10.1. The summed E-state index contributed by atoms with van der Waals surface area (Å²) in [7, 11) is 0. The first kappa shape index (κ1) is 10.4. The maximum absolute atomic E-state index is 9.17. The molecule has 0 heterocycles. The molecule has 0 aliphatic heterocycles. The summed E-state index contributed by atoms with van der Waals surface area (Å²) >= 11 is 0. The summed E-state index contributed by atoms with van der Waals surface area (Å²) in [6, 6.07) is 0. The first-order valence-electron chi connectivity index (χ1n) is 3.88. The molecule has 2 unspecified atom stereocenters. The summed E-state index contributed by atoms with van der Waals surface area (Å²) < 4.78 is 0.